The van der Waals surface area contributed by atoms with E-state index in [1.807, 2.05) is 26.0 Å². The summed E-state index contributed by atoms with van der Waals surface area (Å²) in [7, 11) is 0. The maximum atomic E-state index is 12.9. The van der Waals surface area contributed by atoms with Gasteiger partial charge in [0.1, 0.15) is 0 Å². The first-order chi connectivity index (χ1) is 13.5. The van der Waals surface area contributed by atoms with Gasteiger partial charge < -0.3 is 4.57 Å². The second-order valence-electron chi connectivity index (χ2n) is 6.88. The summed E-state index contributed by atoms with van der Waals surface area (Å²) in [6.07, 6.45) is 2.40. The fourth-order valence-electron chi connectivity index (χ4n) is 3.56. The highest BCUT2D eigenvalue weighted by Crippen LogP contribution is 2.18. The van der Waals surface area contributed by atoms with Crippen LogP contribution >= 0.6 is 11.3 Å². The number of carbonyl (C=O) groups is 1. The van der Waals surface area contributed by atoms with Gasteiger partial charge in [0.25, 0.3) is 5.56 Å². The fourth-order valence-corrected chi connectivity index (χ4v) is 4.26. The Bertz CT molecular complexity index is 1200. The average molecular weight is 391 g/mol. The third-order valence-electron chi connectivity index (χ3n) is 5.08. The Morgan fingerprint density at radius 3 is 2.75 bits per heavy atom. The lowest BCUT2D eigenvalue weighted by Gasteiger charge is -2.09. The van der Waals surface area contributed by atoms with Crippen LogP contribution in [0.15, 0.2) is 59.0 Å². The Balaban J connectivity index is 1.58. The second-order valence-corrected chi connectivity index (χ2v) is 7.92. The molecule has 6 heteroatoms. The van der Waals surface area contributed by atoms with Crippen LogP contribution < -0.4 is 5.56 Å². The highest BCUT2D eigenvalue weighted by Gasteiger charge is 2.17. The van der Waals surface area contributed by atoms with E-state index in [9.17, 15) is 9.59 Å². The maximum absolute atomic E-state index is 12.9. The monoisotopic (exact) mass is 391 g/mol. The molecule has 3 aromatic heterocycles. The molecule has 0 saturated heterocycles. The Kier molecular flexibility index (Phi) is 4.96. The molecule has 0 spiro atoms. The summed E-state index contributed by atoms with van der Waals surface area (Å²) in [5, 5.41) is 2.61. The van der Waals surface area contributed by atoms with Gasteiger partial charge in [0.2, 0.25) is 0 Å². The Morgan fingerprint density at radius 1 is 1.14 bits per heavy atom. The smallest absolute Gasteiger partial charge is 0.261 e. The van der Waals surface area contributed by atoms with Crippen molar-refractivity contribution in [2.75, 3.05) is 0 Å². The van der Waals surface area contributed by atoms with Crippen molar-refractivity contribution in [3.05, 3.63) is 86.4 Å². The predicted molar refractivity (Wildman–Crippen MR) is 112 cm³/mol. The Hall–Kier alpha value is -2.99. The number of carbonyl (C=O) groups excluding carboxylic acids is 1. The highest BCUT2D eigenvalue weighted by atomic mass is 32.1. The van der Waals surface area contributed by atoms with Crippen LogP contribution in [-0.4, -0.2) is 19.9 Å². The van der Waals surface area contributed by atoms with E-state index < -0.39 is 0 Å². The molecule has 0 fully saturated rings. The quantitative estimate of drug-likeness (QED) is 0.467. The van der Waals surface area contributed by atoms with Gasteiger partial charge in [0, 0.05) is 28.4 Å². The number of aryl methyl sites for hydroxylation is 2. The molecule has 4 rings (SSSR count). The van der Waals surface area contributed by atoms with Gasteiger partial charge in [-0.2, -0.15) is 0 Å². The molecule has 0 radical (unpaired) electrons. The molecule has 0 unspecified atom stereocenters. The number of hydrogen-bond acceptors (Lipinski definition) is 4. The zero-order chi connectivity index (χ0) is 19.7. The predicted octanol–water partition coefficient (Wildman–Crippen LogP) is 4.00. The molecule has 142 valence electrons. The Morgan fingerprint density at radius 2 is 1.96 bits per heavy atom. The molecule has 3 heterocycles. The summed E-state index contributed by atoms with van der Waals surface area (Å²) < 4.78 is 3.57. The minimum Gasteiger partial charge on any atom is -0.348 e. The molecule has 0 saturated carbocycles. The summed E-state index contributed by atoms with van der Waals surface area (Å²) in [6, 6.07) is 13.3. The number of nitrogens with zero attached hydrogens (tertiary/aromatic N) is 3. The molecule has 0 bridgehead atoms. The molecule has 0 amide bonds. The number of Topliss-reactive ketones (excluding diaryl/α,β-unsaturated/α-hetero) is 1. The van der Waals surface area contributed by atoms with E-state index in [1.165, 1.54) is 15.8 Å². The highest BCUT2D eigenvalue weighted by molar-refractivity contribution is 7.09. The van der Waals surface area contributed by atoms with E-state index in [0.29, 0.717) is 16.5 Å². The van der Waals surface area contributed by atoms with Crippen molar-refractivity contribution in [2.24, 2.45) is 0 Å². The van der Waals surface area contributed by atoms with E-state index in [4.69, 9.17) is 0 Å². The number of hydrogen-bond donors (Lipinski definition) is 0. The van der Waals surface area contributed by atoms with E-state index in [-0.39, 0.29) is 17.9 Å². The van der Waals surface area contributed by atoms with Gasteiger partial charge in [0.05, 0.1) is 23.8 Å². The van der Waals surface area contributed by atoms with Crippen LogP contribution in [0.1, 0.15) is 26.6 Å². The third kappa shape index (κ3) is 3.43. The van der Waals surface area contributed by atoms with Crippen molar-refractivity contribution in [1.82, 2.24) is 14.1 Å². The van der Waals surface area contributed by atoms with Crippen molar-refractivity contribution >= 4 is 28.0 Å². The number of thiophene rings is 1. The summed E-state index contributed by atoms with van der Waals surface area (Å²) >= 11 is 1.75. The van der Waals surface area contributed by atoms with Gasteiger partial charge in [-0.05, 0) is 49.9 Å². The molecule has 28 heavy (non-hydrogen) atoms. The normalized spacial score (nSPS) is 11.2. The number of aromatic nitrogens is 3. The zero-order valence-electron chi connectivity index (χ0n) is 15.9. The van der Waals surface area contributed by atoms with Crippen LogP contribution in [0.25, 0.3) is 10.9 Å². The van der Waals surface area contributed by atoms with Gasteiger partial charge in [-0.15, -0.1) is 11.3 Å². The second kappa shape index (κ2) is 7.56. The standard InChI is InChI=1S/C22H21N3O2S/c1-15-12-19(16(2)25(15)10-9-17-6-5-11-28-17)21(26)13-24-14-23-20-8-4-3-7-18(20)22(24)27/h3-8,11-12,14H,9-10,13H2,1-2H3. The van der Waals surface area contributed by atoms with Gasteiger partial charge in [0.15, 0.2) is 5.78 Å². The third-order valence-corrected chi connectivity index (χ3v) is 6.02. The molecule has 0 aliphatic heterocycles. The topological polar surface area (TPSA) is 56.9 Å². The molecule has 0 N–H and O–H groups in total. The minimum atomic E-state index is -0.189. The molecule has 1 aromatic carbocycles. The molecular weight excluding hydrogens is 370 g/mol. The number of rotatable bonds is 6. The van der Waals surface area contributed by atoms with Gasteiger partial charge in [-0.1, -0.05) is 18.2 Å². The van der Waals surface area contributed by atoms with Crippen molar-refractivity contribution in [3.8, 4) is 0 Å². The van der Waals surface area contributed by atoms with Crippen molar-refractivity contribution < 1.29 is 4.79 Å². The average Bonchev–Trinajstić information content (AvgIpc) is 3.31. The number of fused-ring (bicyclic) bond motifs is 1. The lowest BCUT2D eigenvalue weighted by atomic mass is 10.1. The van der Waals surface area contributed by atoms with Crippen molar-refractivity contribution in [2.45, 2.75) is 33.4 Å². The molecular formula is C22H21N3O2S. The van der Waals surface area contributed by atoms with Gasteiger partial charge in [-0.3, -0.25) is 14.2 Å². The number of ketones is 1. The number of benzene rings is 1. The maximum Gasteiger partial charge on any atom is 0.261 e. The largest absolute Gasteiger partial charge is 0.348 e. The minimum absolute atomic E-state index is 0.00805. The van der Waals surface area contributed by atoms with Gasteiger partial charge in [-0.25, -0.2) is 4.98 Å². The molecule has 0 atom stereocenters. The summed E-state index contributed by atoms with van der Waals surface area (Å²) in [4.78, 5) is 31.2. The van der Waals surface area contributed by atoms with Crippen LogP contribution in [0.3, 0.4) is 0 Å². The molecule has 5 nitrogen and oxygen atoms in total. The van der Waals surface area contributed by atoms with Gasteiger partial charge >= 0.3 is 0 Å². The van der Waals surface area contributed by atoms with E-state index in [2.05, 4.69) is 27.1 Å². The van der Waals surface area contributed by atoms with Crippen LogP contribution in [0.2, 0.25) is 0 Å². The number of para-hydroxylation sites is 1. The first kappa shape index (κ1) is 18.4. The molecule has 0 aliphatic rings. The summed E-state index contributed by atoms with van der Waals surface area (Å²) in [5.74, 6) is -0.0744. The molecule has 4 aromatic rings. The fraction of sp³-hybridized carbons (Fsp3) is 0.227. The SMILES string of the molecule is Cc1cc(C(=O)Cn2cnc3ccccc3c2=O)c(C)n1CCc1cccs1. The lowest BCUT2D eigenvalue weighted by molar-refractivity contribution is 0.0970. The molecule has 0 aliphatic carbocycles. The van der Waals surface area contributed by atoms with Crippen LogP contribution in [0.4, 0.5) is 0 Å². The van der Waals surface area contributed by atoms with E-state index in [1.54, 1.807) is 29.5 Å². The lowest BCUT2D eigenvalue weighted by Crippen LogP contribution is -2.25. The van der Waals surface area contributed by atoms with Crippen molar-refractivity contribution in [3.63, 3.8) is 0 Å². The van der Waals surface area contributed by atoms with E-state index in [0.717, 1.165) is 24.4 Å². The first-order valence-electron chi connectivity index (χ1n) is 9.21. The van der Waals surface area contributed by atoms with Crippen LogP contribution in [0, 0.1) is 13.8 Å². The zero-order valence-corrected chi connectivity index (χ0v) is 16.7. The van der Waals surface area contributed by atoms with Crippen molar-refractivity contribution in [1.29, 1.82) is 0 Å². The van der Waals surface area contributed by atoms with E-state index >= 15 is 0 Å². The summed E-state index contributed by atoms with van der Waals surface area (Å²) in [6.45, 7) is 4.81. The summed E-state index contributed by atoms with van der Waals surface area (Å²) in [5.41, 5.74) is 3.12. The Labute approximate surface area is 166 Å². The first-order valence-corrected chi connectivity index (χ1v) is 10.1. The van der Waals surface area contributed by atoms with Crippen LogP contribution in [0.5, 0.6) is 0 Å². The van der Waals surface area contributed by atoms with Crippen LogP contribution in [-0.2, 0) is 19.5 Å².